The standard InChI is InChI=1S/C17H26BrN3/c1-13(2)20-7-9-21(10-8-20)17-6-3-14(11-16(17)18)12-19-15-4-5-15/h3,6,11,13,15,19H,4-5,7-10,12H2,1-2H3. The molecule has 4 heteroatoms. The number of hydrogen-bond acceptors (Lipinski definition) is 3. The zero-order valence-corrected chi connectivity index (χ0v) is 14.7. The molecule has 2 fully saturated rings. The lowest BCUT2D eigenvalue weighted by Crippen LogP contribution is -2.49. The van der Waals surface area contributed by atoms with Gasteiger partial charge in [0.2, 0.25) is 0 Å². The summed E-state index contributed by atoms with van der Waals surface area (Å²) in [7, 11) is 0. The van der Waals surface area contributed by atoms with Crippen molar-refractivity contribution in [1.82, 2.24) is 10.2 Å². The second-order valence-corrected chi connectivity index (χ2v) is 7.41. The minimum Gasteiger partial charge on any atom is -0.368 e. The summed E-state index contributed by atoms with van der Waals surface area (Å²) in [6, 6.07) is 8.25. The van der Waals surface area contributed by atoms with Gasteiger partial charge in [-0.05, 0) is 60.3 Å². The number of anilines is 1. The fourth-order valence-electron chi connectivity index (χ4n) is 2.95. The molecule has 1 aliphatic heterocycles. The van der Waals surface area contributed by atoms with Gasteiger partial charge in [-0.15, -0.1) is 0 Å². The van der Waals surface area contributed by atoms with Gasteiger partial charge in [0.25, 0.3) is 0 Å². The maximum atomic E-state index is 3.77. The lowest BCUT2D eigenvalue weighted by molar-refractivity contribution is 0.209. The van der Waals surface area contributed by atoms with Crippen LogP contribution in [0.2, 0.25) is 0 Å². The van der Waals surface area contributed by atoms with Crippen molar-refractivity contribution < 1.29 is 0 Å². The van der Waals surface area contributed by atoms with Crippen LogP contribution in [0.25, 0.3) is 0 Å². The molecule has 116 valence electrons. The third kappa shape index (κ3) is 3.99. The molecule has 2 aliphatic rings. The van der Waals surface area contributed by atoms with Gasteiger partial charge in [0.15, 0.2) is 0 Å². The first-order valence-corrected chi connectivity index (χ1v) is 8.93. The number of nitrogens with zero attached hydrogens (tertiary/aromatic N) is 2. The van der Waals surface area contributed by atoms with Crippen LogP contribution in [0.15, 0.2) is 22.7 Å². The van der Waals surface area contributed by atoms with Gasteiger partial charge >= 0.3 is 0 Å². The van der Waals surface area contributed by atoms with E-state index in [1.165, 1.54) is 28.6 Å². The van der Waals surface area contributed by atoms with Crippen molar-refractivity contribution in [3.8, 4) is 0 Å². The summed E-state index contributed by atoms with van der Waals surface area (Å²) in [6.45, 7) is 10.1. The molecule has 3 rings (SSSR count). The van der Waals surface area contributed by atoms with Gasteiger partial charge in [-0.3, -0.25) is 4.90 Å². The molecule has 1 saturated carbocycles. The molecule has 21 heavy (non-hydrogen) atoms. The minimum atomic E-state index is 0.659. The van der Waals surface area contributed by atoms with Gasteiger partial charge in [-0.25, -0.2) is 0 Å². The monoisotopic (exact) mass is 351 g/mol. The van der Waals surface area contributed by atoms with E-state index in [0.717, 1.165) is 38.8 Å². The van der Waals surface area contributed by atoms with Gasteiger partial charge in [-0.2, -0.15) is 0 Å². The Morgan fingerprint density at radius 1 is 1.19 bits per heavy atom. The molecule has 0 unspecified atom stereocenters. The Kier molecular flexibility index (Phi) is 4.87. The first kappa shape index (κ1) is 15.3. The molecule has 0 aromatic heterocycles. The molecular formula is C17H26BrN3. The Morgan fingerprint density at radius 2 is 1.90 bits per heavy atom. The molecule has 0 radical (unpaired) electrons. The van der Waals surface area contributed by atoms with Crippen molar-refractivity contribution in [1.29, 1.82) is 0 Å². The highest BCUT2D eigenvalue weighted by Crippen LogP contribution is 2.29. The van der Waals surface area contributed by atoms with Crippen LogP contribution < -0.4 is 10.2 Å². The Hall–Kier alpha value is -0.580. The predicted octanol–water partition coefficient (Wildman–Crippen LogP) is 3.23. The third-order valence-corrected chi connectivity index (χ3v) is 5.20. The van der Waals surface area contributed by atoms with Gasteiger partial charge < -0.3 is 10.2 Å². The molecule has 0 atom stereocenters. The van der Waals surface area contributed by atoms with Crippen molar-refractivity contribution in [2.24, 2.45) is 0 Å². The summed E-state index contributed by atoms with van der Waals surface area (Å²) in [6.07, 6.45) is 2.69. The zero-order chi connectivity index (χ0) is 14.8. The largest absolute Gasteiger partial charge is 0.368 e. The average molecular weight is 352 g/mol. The summed E-state index contributed by atoms with van der Waals surface area (Å²) in [5, 5.41) is 3.58. The molecule has 1 aromatic rings. The van der Waals surface area contributed by atoms with E-state index in [1.54, 1.807) is 0 Å². The van der Waals surface area contributed by atoms with Crippen molar-refractivity contribution in [3.05, 3.63) is 28.2 Å². The lowest BCUT2D eigenvalue weighted by atomic mass is 10.1. The highest BCUT2D eigenvalue weighted by atomic mass is 79.9. The Bertz CT molecular complexity index is 477. The van der Waals surface area contributed by atoms with Crippen LogP contribution in [0.4, 0.5) is 5.69 Å². The lowest BCUT2D eigenvalue weighted by Gasteiger charge is -2.38. The van der Waals surface area contributed by atoms with Crippen LogP contribution in [0.1, 0.15) is 32.3 Å². The van der Waals surface area contributed by atoms with E-state index in [2.05, 4.69) is 63.1 Å². The number of piperazine rings is 1. The highest BCUT2D eigenvalue weighted by molar-refractivity contribution is 9.10. The van der Waals surface area contributed by atoms with E-state index in [0.29, 0.717) is 6.04 Å². The second kappa shape index (κ2) is 6.67. The third-order valence-electron chi connectivity index (χ3n) is 4.57. The summed E-state index contributed by atoms with van der Waals surface area (Å²) in [4.78, 5) is 5.05. The average Bonchev–Trinajstić information content (AvgIpc) is 3.29. The van der Waals surface area contributed by atoms with Crippen LogP contribution in [-0.2, 0) is 6.54 Å². The van der Waals surface area contributed by atoms with Gasteiger partial charge in [-0.1, -0.05) is 6.07 Å². The number of rotatable bonds is 5. The molecular weight excluding hydrogens is 326 g/mol. The smallest absolute Gasteiger partial charge is 0.0511 e. The highest BCUT2D eigenvalue weighted by Gasteiger charge is 2.21. The number of hydrogen-bond donors (Lipinski definition) is 1. The van der Waals surface area contributed by atoms with Crippen molar-refractivity contribution in [2.45, 2.75) is 45.3 Å². The predicted molar refractivity (Wildman–Crippen MR) is 92.9 cm³/mol. The maximum absolute atomic E-state index is 3.77. The maximum Gasteiger partial charge on any atom is 0.0511 e. The summed E-state index contributed by atoms with van der Waals surface area (Å²) >= 11 is 3.77. The van der Waals surface area contributed by atoms with E-state index < -0.39 is 0 Å². The van der Waals surface area contributed by atoms with Crippen LogP contribution >= 0.6 is 15.9 Å². The number of halogens is 1. The quantitative estimate of drug-likeness (QED) is 0.878. The zero-order valence-electron chi connectivity index (χ0n) is 13.1. The van der Waals surface area contributed by atoms with Crippen molar-refractivity contribution in [2.75, 3.05) is 31.1 Å². The first-order chi connectivity index (χ1) is 10.1. The molecule has 0 spiro atoms. The molecule has 0 amide bonds. The molecule has 3 nitrogen and oxygen atoms in total. The van der Waals surface area contributed by atoms with E-state index >= 15 is 0 Å². The molecule has 1 N–H and O–H groups in total. The number of benzene rings is 1. The SMILES string of the molecule is CC(C)N1CCN(c2ccc(CNC3CC3)cc2Br)CC1. The van der Waals surface area contributed by atoms with Crippen molar-refractivity contribution in [3.63, 3.8) is 0 Å². The normalized spacial score (nSPS) is 20.3. The van der Waals surface area contributed by atoms with Gasteiger partial charge in [0.1, 0.15) is 0 Å². The summed E-state index contributed by atoms with van der Waals surface area (Å²) in [5.41, 5.74) is 2.71. The Balaban J connectivity index is 1.60. The topological polar surface area (TPSA) is 18.5 Å². The summed E-state index contributed by atoms with van der Waals surface area (Å²) < 4.78 is 1.23. The van der Waals surface area contributed by atoms with Crippen molar-refractivity contribution >= 4 is 21.6 Å². The van der Waals surface area contributed by atoms with E-state index in [4.69, 9.17) is 0 Å². The number of nitrogens with one attached hydrogen (secondary N) is 1. The van der Waals surface area contributed by atoms with Crippen LogP contribution in [0.3, 0.4) is 0 Å². The van der Waals surface area contributed by atoms with E-state index in [1.807, 2.05) is 0 Å². The Labute approximate surface area is 136 Å². The molecule has 1 heterocycles. The first-order valence-electron chi connectivity index (χ1n) is 8.14. The summed E-state index contributed by atoms with van der Waals surface area (Å²) in [5.74, 6) is 0. The van der Waals surface area contributed by atoms with E-state index in [9.17, 15) is 0 Å². The minimum absolute atomic E-state index is 0.659. The van der Waals surface area contributed by atoms with Gasteiger partial charge in [0, 0.05) is 49.3 Å². The van der Waals surface area contributed by atoms with Crippen LogP contribution in [0.5, 0.6) is 0 Å². The second-order valence-electron chi connectivity index (χ2n) is 6.56. The van der Waals surface area contributed by atoms with Crippen LogP contribution in [-0.4, -0.2) is 43.2 Å². The molecule has 0 bridgehead atoms. The van der Waals surface area contributed by atoms with Gasteiger partial charge in [0.05, 0.1) is 5.69 Å². The fraction of sp³-hybridized carbons (Fsp3) is 0.647. The molecule has 1 aliphatic carbocycles. The molecule has 1 aromatic carbocycles. The van der Waals surface area contributed by atoms with Crippen LogP contribution in [0, 0.1) is 0 Å². The van der Waals surface area contributed by atoms with E-state index in [-0.39, 0.29) is 0 Å². The molecule has 1 saturated heterocycles. The fourth-order valence-corrected chi connectivity index (χ4v) is 3.62. The Morgan fingerprint density at radius 3 is 2.48 bits per heavy atom.